The topological polar surface area (TPSA) is 249 Å². The zero-order chi connectivity index (χ0) is 68.9. The lowest BCUT2D eigenvalue weighted by Crippen LogP contribution is -2.30. The Kier molecular flexibility index (Phi) is 21.1. The number of aliphatic carboxylic acids is 1. The normalized spacial score (nSPS) is 12.7. The summed E-state index contributed by atoms with van der Waals surface area (Å²) in [6, 6.07) is 28.5. The fourth-order valence-electron chi connectivity index (χ4n) is 14.0. The number of ketones is 1. The molecule has 1 N–H and O–H groups in total. The second-order valence-electron chi connectivity index (χ2n) is 25.2. The molecule has 96 heavy (non-hydrogen) atoms. The van der Waals surface area contributed by atoms with E-state index in [1.807, 2.05) is 89.7 Å². The van der Waals surface area contributed by atoms with Crippen molar-refractivity contribution in [2.75, 3.05) is 18.6 Å². The van der Waals surface area contributed by atoms with Crippen molar-refractivity contribution < 1.29 is 32.6 Å². The maximum absolute atomic E-state index is 13.8. The van der Waals surface area contributed by atoms with Crippen LogP contribution < -0.4 is 17.1 Å². The molecule has 9 heterocycles. The van der Waals surface area contributed by atoms with Gasteiger partial charge in [-0.15, -0.1) is 0 Å². The number of hydrogen-bond donors (Lipinski definition) is 1. The first-order valence-corrected chi connectivity index (χ1v) is 34.9. The standard InChI is InChI=1S/C25H30N4O4S.C25H30N4O3.C23H26N4O3/c1-5-8-19(13-20(30)16-34(4,32)33)29-24-22(11-7-12-26-24)28(25(29)31)15-18-14-27(3)21-10-6-9-17(2)23(18)21;1-5-9-19(14-22(30)32-6-2)29-24-21(12-8-13-26-24)28(25(29)31)16-18-15-27(4)20-11-7-10-17(3)23(18)20;1-4-7-17(12-20(28)29)27-22-19(10-6-11-24-22)26(23(27)30)14-16-13-25(3)18-9-5-8-15(2)21(16)18/h6-7,9-12,14,19H,5,8,13,15-16H2,1-4H3;7-8,10-13,15,19H,5-6,9,14,16H2,1-4H3;5-6,8-11,13,17H,4,7,12,14H2,1-3H3,(H,28,29)/t2*19-;17-/m000/s1. The van der Waals surface area contributed by atoms with Gasteiger partial charge in [-0.1, -0.05) is 76.4 Å². The Morgan fingerprint density at radius 1 is 0.479 bits per heavy atom. The summed E-state index contributed by atoms with van der Waals surface area (Å²) in [7, 11) is 2.58. The highest BCUT2D eigenvalue weighted by atomic mass is 32.2. The molecule has 504 valence electrons. The van der Waals surface area contributed by atoms with E-state index >= 15 is 0 Å². The van der Waals surface area contributed by atoms with E-state index in [2.05, 4.69) is 105 Å². The highest BCUT2D eigenvalue weighted by Gasteiger charge is 2.29. The van der Waals surface area contributed by atoms with Gasteiger partial charge in [0.25, 0.3) is 0 Å². The monoisotopic (exact) mass is 1320 g/mol. The van der Waals surface area contributed by atoms with Gasteiger partial charge in [-0.2, -0.15) is 0 Å². The Balaban J connectivity index is 0.000000157. The molecule has 22 nitrogen and oxygen atoms in total. The fraction of sp³-hybridized carbons (Fsp3) is 0.384. The molecule has 0 aliphatic heterocycles. The molecule has 0 aliphatic rings. The molecule has 0 fully saturated rings. The number of fused-ring (bicyclic) bond motifs is 6. The van der Waals surface area contributed by atoms with Gasteiger partial charge in [-0.3, -0.25) is 41.8 Å². The number of esters is 1. The molecule has 9 aromatic heterocycles. The predicted molar refractivity (Wildman–Crippen MR) is 377 cm³/mol. The van der Waals surface area contributed by atoms with Gasteiger partial charge in [0.1, 0.15) is 11.5 Å². The molecule has 3 atom stereocenters. The van der Waals surface area contributed by atoms with Crippen LogP contribution in [0.25, 0.3) is 66.2 Å². The second kappa shape index (κ2) is 29.4. The number of carbonyl (C=O) groups excluding carboxylic acids is 2. The van der Waals surface area contributed by atoms with Crippen molar-refractivity contribution in [2.45, 2.75) is 144 Å². The largest absolute Gasteiger partial charge is 0.481 e. The first kappa shape index (κ1) is 68.9. The maximum Gasteiger partial charge on any atom is 0.330 e. The van der Waals surface area contributed by atoms with Gasteiger partial charge in [0.15, 0.2) is 26.8 Å². The smallest absolute Gasteiger partial charge is 0.330 e. The Morgan fingerprint density at radius 3 is 1.11 bits per heavy atom. The molecule has 12 rings (SSSR count). The Hall–Kier alpha value is -9.90. The molecule has 0 aliphatic carbocycles. The van der Waals surface area contributed by atoms with Crippen LogP contribution in [-0.4, -0.2) is 106 Å². The van der Waals surface area contributed by atoms with E-state index in [1.54, 1.807) is 59.0 Å². The molecule has 0 bridgehead atoms. The number of pyridine rings is 3. The third-order valence-corrected chi connectivity index (χ3v) is 18.9. The maximum atomic E-state index is 13.8. The summed E-state index contributed by atoms with van der Waals surface area (Å²) in [6.07, 6.45) is 16.5. The number of ether oxygens (including phenoxy) is 1. The average Bonchev–Trinajstić information content (AvgIpc) is 1.61. The summed E-state index contributed by atoms with van der Waals surface area (Å²) >= 11 is 0. The summed E-state index contributed by atoms with van der Waals surface area (Å²) in [6.45, 7) is 15.6. The third kappa shape index (κ3) is 14.2. The number of sulfone groups is 1. The van der Waals surface area contributed by atoms with Crippen LogP contribution in [0.3, 0.4) is 0 Å². The molecule has 12 aromatic rings. The summed E-state index contributed by atoms with van der Waals surface area (Å²) in [5.41, 5.74) is 13.2. The van der Waals surface area contributed by atoms with Gasteiger partial charge < -0.3 is 23.5 Å². The third-order valence-electron chi connectivity index (χ3n) is 18.0. The molecule has 23 heteroatoms. The highest BCUT2D eigenvalue weighted by molar-refractivity contribution is 7.91. The fourth-order valence-corrected chi connectivity index (χ4v) is 14.7. The van der Waals surface area contributed by atoms with E-state index in [9.17, 15) is 42.3 Å². The number of benzene rings is 3. The first-order chi connectivity index (χ1) is 46.0. The molecular formula is C73H86N12O10S. The number of hydrogen-bond acceptors (Lipinski definition) is 12. The number of nitrogens with zero attached hydrogens (tertiary/aromatic N) is 12. The van der Waals surface area contributed by atoms with Crippen LogP contribution >= 0.6 is 0 Å². The number of carboxylic acids is 1. The number of aryl methyl sites for hydroxylation is 6. The Labute approximate surface area is 556 Å². The van der Waals surface area contributed by atoms with Crippen molar-refractivity contribution in [3.63, 3.8) is 0 Å². The molecule has 3 aromatic carbocycles. The molecule has 0 radical (unpaired) electrons. The van der Waals surface area contributed by atoms with Crippen molar-refractivity contribution in [2.24, 2.45) is 21.1 Å². The van der Waals surface area contributed by atoms with Crippen molar-refractivity contribution in [1.29, 1.82) is 0 Å². The lowest BCUT2D eigenvalue weighted by Gasteiger charge is -2.17. The minimum Gasteiger partial charge on any atom is -0.481 e. The molecule has 0 spiro atoms. The van der Waals surface area contributed by atoms with Crippen molar-refractivity contribution in [1.82, 2.24) is 56.1 Å². The van der Waals surface area contributed by atoms with Crippen LogP contribution in [0.2, 0.25) is 0 Å². The number of rotatable bonds is 24. The van der Waals surface area contributed by atoms with E-state index in [4.69, 9.17) is 4.74 Å². The van der Waals surface area contributed by atoms with Crippen LogP contribution in [-0.2, 0) is 69.7 Å². The number of Topliss-reactive ketones (excluding diaryl/α,β-unsaturated/α-hetero) is 1. The number of carboxylic acid groups (broad SMARTS) is 1. The lowest BCUT2D eigenvalue weighted by molar-refractivity contribution is -0.144. The second-order valence-corrected chi connectivity index (χ2v) is 27.3. The minimum atomic E-state index is -3.44. The quantitative estimate of drug-likeness (QED) is 0.0553. The number of imidazole rings is 3. The minimum absolute atomic E-state index is 0.0239. The van der Waals surface area contributed by atoms with E-state index in [1.165, 1.54) is 10.9 Å². The van der Waals surface area contributed by atoms with Gasteiger partial charge in [-0.05, 0) is 135 Å². The van der Waals surface area contributed by atoms with Crippen LogP contribution in [0.15, 0.2) is 143 Å². The Morgan fingerprint density at radius 2 is 0.802 bits per heavy atom. The number of carbonyl (C=O) groups is 3. The van der Waals surface area contributed by atoms with Crippen LogP contribution in [0.5, 0.6) is 0 Å². The average molecular weight is 1320 g/mol. The van der Waals surface area contributed by atoms with E-state index in [0.29, 0.717) is 68.0 Å². The van der Waals surface area contributed by atoms with E-state index < -0.39 is 39.4 Å². The van der Waals surface area contributed by atoms with Gasteiger partial charge in [0.2, 0.25) is 0 Å². The zero-order valence-electron chi connectivity index (χ0n) is 56.7. The molecule has 0 amide bonds. The lowest BCUT2D eigenvalue weighted by atomic mass is 10.1. The van der Waals surface area contributed by atoms with Crippen LogP contribution in [0, 0.1) is 20.8 Å². The predicted octanol–water partition coefficient (Wildman–Crippen LogP) is 11.6. The summed E-state index contributed by atoms with van der Waals surface area (Å²) in [4.78, 5) is 90.7. The summed E-state index contributed by atoms with van der Waals surface area (Å²) in [5, 5.41) is 12.8. The van der Waals surface area contributed by atoms with E-state index in [-0.39, 0.29) is 48.3 Å². The van der Waals surface area contributed by atoms with Gasteiger partial charge in [0, 0.05) is 110 Å². The molecule has 0 saturated carbocycles. The van der Waals surface area contributed by atoms with Crippen molar-refractivity contribution in [3.05, 3.63) is 193 Å². The van der Waals surface area contributed by atoms with E-state index in [0.717, 1.165) is 91.7 Å². The molecule has 0 unspecified atom stereocenters. The van der Waals surface area contributed by atoms with Crippen LogP contribution in [0.4, 0.5) is 0 Å². The van der Waals surface area contributed by atoms with Gasteiger partial charge >= 0.3 is 29.0 Å². The van der Waals surface area contributed by atoms with Crippen LogP contribution in [0.1, 0.15) is 137 Å². The SMILES string of the molecule is CCC[C@@H](CC(=O)CS(C)(=O)=O)n1c(=O)n(Cc2cn(C)c3cccc(C)c23)c2cccnc21.CCC[C@@H](CC(=O)O)n1c(=O)n(Cc2cn(C)c3cccc(C)c23)c2cccnc21.CCC[C@@H](CC(=O)OCC)n1c(=O)n(Cc2cn(C)c3cccc(C)c23)c2cccnc21. The number of aromatic nitrogens is 12. The van der Waals surface area contributed by atoms with Crippen molar-refractivity contribution in [3.8, 4) is 0 Å². The van der Waals surface area contributed by atoms with Gasteiger partial charge in [0.05, 0.1) is 67.7 Å². The summed E-state index contributed by atoms with van der Waals surface area (Å²) < 4.78 is 44.7. The summed E-state index contributed by atoms with van der Waals surface area (Å²) in [5.74, 6) is -2.13. The van der Waals surface area contributed by atoms with Crippen molar-refractivity contribution >= 4 is 93.8 Å². The Bertz CT molecular complexity index is 5180. The first-order valence-electron chi connectivity index (χ1n) is 32.8. The molecular weight excluding hydrogens is 1240 g/mol. The highest BCUT2D eigenvalue weighted by Crippen LogP contribution is 2.32. The van der Waals surface area contributed by atoms with Gasteiger partial charge in [-0.25, -0.2) is 37.8 Å². The molecule has 0 saturated heterocycles. The zero-order valence-corrected chi connectivity index (χ0v) is 57.5.